The van der Waals surface area contributed by atoms with Crippen LogP contribution in [0.25, 0.3) is 0 Å². The van der Waals surface area contributed by atoms with Gasteiger partial charge in [0.25, 0.3) is 0 Å². The first-order valence-corrected chi connectivity index (χ1v) is 3.52. The van der Waals surface area contributed by atoms with Gasteiger partial charge in [0.05, 0.1) is 0 Å². The van der Waals surface area contributed by atoms with Gasteiger partial charge in [0.1, 0.15) is 0 Å². The molecule has 0 N–H and O–H groups in total. The zero-order valence-electron chi connectivity index (χ0n) is 5.38. The Kier molecular flexibility index (Phi) is 1.05. The lowest BCUT2D eigenvalue weighted by atomic mass is 10.1. The minimum atomic E-state index is 0.909. The molecule has 0 unspecified atom stereocenters. The van der Waals surface area contributed by atoms with Crippen LogP contribution < -0.4 is 0 Å². The van der Waals surface area contributed by atoms with E-state index in [-0.39, 0.29) is 0 Å². The third-order valence-corrected chi connectivity index (χ3v) is 1.85. The predicted molar refractivity (Wildman–Crippen MR) is 38.4 cm³/mol. The molecule has 0 spiro atoms. The fourth-order valence-electron chi connectivity index (χ4n) is 1.14. The molecule has 0 aromatic heterocycles. The Morgan fingerprint density at radius 1 is 1.00 bits per heavy atom. The Bertz CT molecular complexity index is 184. The van der Waals surface area contributed by atoms with Crippen LogP contribution in [-0.2, 0) is 0 Å². The Hall–Kier alpha value is -0.780. The van der Waals surface area contributed by atoms with Crippen molar-refractivity contribution in [1.82, 2.24) is 0 Å². The van der Waals surface area contributed by atoms with Crippen molar-refractivity contribution in [3.63, 3.8) is 0 Å². The Morgan fingerprint density at radius 2 is 1.67 bits per heavy atom. The molecule has 1 aliphatic carbocycles. The lowest BCUT2D eigenvalue weighted by Crippen LogP contribution is -1.73. The summed E-state index contributed by atoms with van der Waals surface area (Å²) < 4.78 is 0. The Morgan fingerprint density at radius 3 is 2.22 bits per heavy atom. The molecule has 1 aromatic carbocycles. The Balaban J connectivity index is 2.29. The Labute approximate surface area is 55.5 Å². The molecular formula is C9H10. The van der Waals surface area contributed by atoms with Gasteiger partial charge in [-0.25, -0.2) is 0 Å². The van der Waals surface area contributed by atoms with Crippen LogP contribution in [0.4, 0.5) is 0 Å². The van der Waals surface area contributed by atoms with Crippen LogP contribution in [0.2, 0.25) is 0 Å². The van der Waals surface area contributed by atoms with E-state index in [4.69, 9.17) is 0 Å². The van der Waals surface area contributed by atoms with Gasteiger partial charge >= 0.3 is 0 Å². The summed E-state index contributed by atoms with van der Waals surface area (Å²) in [6, 6.07) is 10.8. The average molecular weight is 118 g/mol. The second-order valence-corrected chi connectivity index (χ2v) is 2.68. The van der Waals surface area contributed by atoms with Crippen molar-refractivity contribution in [2.45, 2.75) is 18.8 Å². The first-order chi connectivity index (χ1) is 4.47. The van der Waals surface area contributed by atoms with Crippen molar-refractivity contribution in [2.24, 2.45) is 0 Å². The highest BCUT2D eigenvalue weighted by Crippen LogP contribution is 2.39. The maximum absolute atomic E-state index is 2.22. The molecule has 1 fully saturated rings. The molecule has 0 aliphatic heterocycles. The van der Waals surface area contributed by atoms with E-state index in [0.29, 0.717) is 0 Å². The molecule has 1 aliphatic rings. The van der Waals surface area contributed by atoms with Gasteiger partial charge in [0, 0.05) is 0 Å². The second kappa shape index (κ2) is 1.87. The first kappa shape index (κ1) is 5.04. The monoisotopic (exact) mass is 118 g/mol. The highest BCUT2D eigenvalue weighted by atomic mass is 14.3. The summed E-state index contributed by atoms with van der Waals surface area (Å²) in [5.41, 5.74) is 1.53. The number of hydrogen-bond acceptors (Lipinski definition) is 0. The zero-order chi connectivity index (χ0) is 6.10. The fourth-order valence-corrected chi connectivity index (χ4v) is 1.14. The van der Waals surface area contributed by atoms with E-state index >= 15 is 0 Å². The molecule has 9 heavy (non-hydrogen) atoms. The molecular weight excluding hydrogens is 108 g/mol. The highest BCUT2D eigenvalue weighted by Gasteiger charge is 2.22. The van der Waals surface area contributed by atoms with Gasteiger partial charge in [-0.1, -0.05) is 30.3 Å². The molecule has 0 heteroatoms. The topological polar surface area (TPSA) is 0 Å². The van der Waals surface area contributed by atoms with Gasteiger partial charge in [-0.3, -0.25) is 0 Å². The summed E-state index contributed by atoms with van der Waals surface area (Å²) in [7, 11) is 0. The van der Waals surface area contributed by atoms with Crippen molar-refractivity contribution in [3.05, 3.63) is 35.9 Å². The van der Waals surface area contributed by atoms with Crippen LogP contribution in [0.5, 0.6) is 0 Å². The molecule has 1 aromatic rings. The van der Waals surface area contributed by atoms with Crippen molar-refractivity contribution < 1.29 is 0 Å². The molecule has 46 valence electrons. The summed E-state index contributed by atoms with van der Waals surface area (Å²) in [5, 5.41) is 0. The van der Waals surface area contributed by atoms with Gasteiger partial charge in [-0.05, 0) is 24.3 Å². The number of rotatable bonds is 1. The smallest absolute Gasteiger partial charge is 0.0162 e. The largest absolute Gasteiger partial charge is 0.0622 e. The van der Waals surface area contributed by atoms with E-state index in [1.807, 2.05) is 0 Å². The highest BCUT2D eigenvalue weighted by molar-refractivity contribution is 5.22. The van der Waals surface area contributed by atoms with E-state index in [9.17, 15) is 0 Å². The third kappa shape index (κ3) is 0.973. The minimum absolute atomic E-state index is 0.909. The molecule has 0 radical (unpaired) electrons. The zero-order valence-corrected chi connectivity index (χ0v) is 5.38. The van der Waals surface area contributed by atoms with Crippen molar-refractivity contribution in [3.8, 4) is 0 Å². The summed E-state index contributed by atoms with van der Waals surface area (Å²) in [6.07, 6.45) is 2.81. The minimum Gasteiger partial charge on any atom is -0.0622 e. The van der Waals surface area contributed by atoms with Crippen LogP contribution in [0.1, 0.15) is 24.3 Å². The molecule has 0 amide bonds. The molecule has 0 heterocycles. The van der Waals surface area contributed by atoms with Crippen LogP contribution in [0.15, 0.2) is 30.3 Å². The van der Waals surface area contributed by atoms with E-state index in [1.54, 1.807) is 0 Å². The molecule has 1 saturated carbocycles. The summed E-state index contributed by atoms with van der Waals surface area (Å²) in [4.78, 5) is 0. The quantitative estimate of drug-likeness (QED) is 0.531. The van der Waals surface area contributed by atoms with Gasteiger partial charge in [0.15, 0.2) is 0 Å². The van der Waals surface area contributed by atoms with Crippen molar-refractivity contribution in [2.75, 3.05) is 0 Å². The fraction of sp³-hybridized carbons (Fsp3) is 0.333. The maximum Gasteiger partial charge on any atom is -0.0162 e. The first-order valence-electron chi connectivity index (χ1n) is 3.52. The van der Waals surface area contributed by atoms with Crippen LogP contribution >= 0.6 is 0 Å². The number of benzene rings is 1. The van der Waals surface area contributed by atoms with E-state index < -0.39 is 0 Å². The van der Waals surface area contributed by atoms with E-state index in [0.717, 1.165) is 5.92 Å². The second-order valence-electron chi connectivity index (χ2n) is 2.68. The van der Waals surface area contributed by atoms with Gasteiger partial charge in [-0.2, -0.15) is 0 Å². The molecule has 0 nitrogen and oxygen atoms in total. The maximum atomic E-state index is 2.22. The lowest BCUT2D eigenvalue weighted by molar-refractivity contribution is 1.13. The lowest BCUT2D eigenvalue weighted by Gasteiger charge is -1.92. The average Bonchev–Trinajstić information content (AvgIpc) is 2.71. The van der Waals surface area contributed by atoms with Crippen LogP contribution in [-0.4, -0.2) is 0 Å². The van der Waals surface area contributed by atoms with E-state index in [2.05, 4.69) is 30.3 Å². The molecule has 0 atom stereocenters. The summed E-state index contributed by atoms with van der Waals surface area (Å²) in [5.74, 6) is 0.909. The molecule has 2 rings (SSSR count). The molecule has 0 bridgehead atoms. The summed E-state index contributed by atoms with van der Waals surface area (Å²) in [6.45, 7) is 0. The third-order valence-electron chi connectivity index (χ3n) is 1.85. The standard InChI is InChI=1S/C9H10/c1-2-4-8(5-3-1)9-6-7-9/h1-5,9H,6-7H2. The SMILES string of the molecule is c1ccc(C2CC2)cc1. The van der Waals surface area contributed by atoms with Gasteiger partial charge in [-0.15, -0.1) is 0 Å². The summed E-state index contributed by atoms with van der Waals surface area (Å²) >= 11 is 0. The van der Waals surface area contributed by atoms with Gasteiger partial charge < -0.3 is 0 Å². The predicted octanol–water partition coefficient (Wildman–Crippen LogP) is 2.56. The molecule has 0 saturated heterocycles. The van der Waals surface area contributed by atoms with Crippen LogP contribution in [0, 0.1) is 0 Å². The van der Waals surface area contributed by atoms with Crippen LogP contribution in [0.3, 0.4) is 0 Å². The van der Waals surface area contributed by atoms with Crippen molar-refractivity contribution >= 4 is 0 Å². The number of hydrogen-bond donors (Lipinski definition) is 0. The van der Waals surface area contributed by atoms with Gasteiger partial charge in [0.2, 0.25) is 0 Å². The normalized spacial score (nSPS) is 17.8. The van der Waals surface area contributed by atoms with E-state index in [1.165, 1.54) is 18.4 Å². The van der Waals surface area contributed by atoms with Crippen molar-refractivity contribution in [1.29, 1.82) is 0 Å².